The fraction of sp³-hybridized carbons (Fsp3) is 0.538. The normalized spacial score (nSPS) is 16.6. The lowest BCUT2D eigenvalue weighted by atomic mass is 10.2. The van der Waals surface area contributed by atoms with Gasteiger partial charge >= 0.3 is 0 Å². The molecule has 18 heavy (non-hydrogen) atoms. The third-order valence-corrected chi connectivity index (χ3v) is 4.97. The molecule has 96 valence electrons. The first kappa shape index (κ1) is 12.2. The molecule has 3 rings (SSSR count). The molecule has 0 unspecified atom stereocenters. The van der Waals surface area contributed by atoms with Crippen LogP contribution in [0.5, 0.6) is 0 Å². The van der Waals surface area contributed by atoms with Gasteiger partial charge in [-0.05, 0) is 43.9 Å². The Kier molecular flexibility index (Phi) is 3.16. The Labute approximate surface area is 116 Å². The number of anilines is 1. The number of hydrogen-bond donors (Lipinski definition) is 1. The van der Waals surface area contributed by atoms with E-state index in [1.807, 2.05) is 0 Å². The Balaban J connectivity index is 2.08. The molecule has 0 radical (unpaired) electrons. The van der Waals surface area contributed by atoms with E-state index in [4.69, 9.17) is 11.6 Å². The number of thiophene rings is 1. The highest BCUT2D eigenvalue weighted by atomic mass is 35.5. The molecule has 0 atom stereocenters. The molecule has 0 aromatic carbocycles. The van der Waals surface area contributed by atoms with Crippen LogP contribution in [0.25, 0.3) is 10.2 Å². The minimum atomic E-state index is 0.337. The second kappa shape index (κ2) is 4.67. The van der Waals surface area contributed by atoms with Gasteiger partial charge in [-0.2, -0.15) is 0 Å². The maximum atomic E-state index is 6.02. The van der Waals surface area contributed by atoms with Crippen molar-refractivity contribution in [3.05, 3.63) is 15.7 Å². The minimum Gasteiger partial charge on any atom is -0.367 e. The first-order valence-electron chi connectivity index (χ1n) is 6.35. The number of fused-ring (bicyclic) bond motifs is 1. The van der Waals surface area contributed by atoms with Gasteiger partial charge in [0.05, 0.1) is 5.39 Å². The zero-order valence-electron chi connectivity index (χ0n) is 10.6. The summed E-state index contributed by atoms with van der Waals surface area (Å²) in [6, 6.07) is 0.541. The highest BCUT2D eigenvalue weighted by molar-refractivity contribution is 7.18. The number of rotatable bonds is 2. The van der Waals surface area contributed by atoms with Crippen molar-refractivity contribution >= 4 is 39.0 Å². The van der Waals surface area contributed by atoms with Crippen molar-refractivity contribution in [1.82, 2.24) is 9.97 Å². The lowest BCUT2D eigenvalue weighted by molar-refractivity contribution is 0.751. The van der Waals surface area contributed by atoms with Crippen LogP contribution in [0.4, 0.5) is 5.82 Å². The first-order valence-corrected chi connectivity index (χ1v) is 7.54. The van der Waals surface area contributed by atoms with Gasteiger partial charge in [0, 0.05) is 10.9 Å². The van der Waals surface area contributed by atoms with Crippen molar-refractivity contribution in [2.24, 2.45) is 0 Å². The molecule has 0 aliphatic heterocycles. The fourth-order valence-corrected chi connectivity index (χ4v) is 3.84. The molecule has 5 heteroatoms. The minimum absolute atomic E-state index is 0.337. The molecule has 0 bridgehead atoms. The monoisotopic (exact) mass is 281 g/mol. The van der Waals surface area contributed by atoms with E-state index in [1.165, 1.54) is 36.1 Å². The number of hydrogen-bond acceptors (Lipinski definition) is 4. The molecule has 0 amide bonds. The number of aromatic nitrogens is 2. The van der Waals surface area contributed by atoms with E-state index in [0.717, 1.165) is 16.0 Å². The van der Waals surface area contributed by atoms with Crippen LogP contribution in [-0.2, 0) is 0 Å². The van der Waals surface area contributed by atoms with Gasteiger partial charge in [0.2, 0.25) is 5.28 Å². The second-order valence-corrected chi connectivity index (χ2v) is 6.47. The summed E-state index contributed by atoms with van der Waals surface area (Å²) in [7, 11) is 0. The van der Waals surface area contributed by atoms with Crippen molar-refractivity contribution in [2.75, 3.05) is 5.32 Å². The number of nitrogens with zero attached hydrogens (tertiary/aromatic N) is 2. The Morgan fingerprint density at radius 3 is 2.67 bits per heavy atom. The highest BCUT2D eigenvalue weighted by Gasteiger charge is 2.19. The molecular formula is C13H16ClN3S. The molecule has 2 heterocycles. The highest BCUT2D eigenvalue weighted by Crippen LogP contribution is 2.35. The maximum Gasteiger partial charge on any atom is 0.225 e. The van der Waals surface area contributed by atoms with Crippen LogP contribution >= 0.6 is 22.9 Å². The Hall–Kier alpha value is -0.870. The lowest BCUT2D eigenvalue weighted by Crippen LogP contribution is -2.16. The molecule has 3 nitrogen and oxygen atoms in total. The Bertz CT molecular complexity index is 587. The van der Waals surface area contributed by atoms with Crippen LogP contribution in [-0.4, -0.2) is 16.0 Å². The summed E-state index contributed by atoms with van der Waals surface area (Å²) in [5, 5.41) is 5.03. The van der Waals surface area contributed by atoms with Gasteiger partial charge in [0.15, 0.2) is 0 Å². The van der Waals surface area contributed by atoms with E-state index < -0.39 is 0 Å². The average Bonchev–Trinajstić information content (AvgIpc) is 2.89. The van der Waals surface area contributed by atoms with Crippen LogP contribution in [0, 0.1) is 13.8 Å². The summed E-state index contributed by atoms with van der Waals surface area (Å²) >= 11 is 7.70. The van der Waals surface area contributed by atoms with Crippen LogP contribution in [0.15, 0.2) is 0 Å². The molecule has 0 spiro atoms. The van der Waals surface area contributed by atoms with Crippen molar-refractivity contribution in [3.63, 3.8) is 0 Å². The summed E-state index contributed by atoms with van der Waals surface area (Å²) < 4.78 is 0. The third kappa shape index (κ3) is 2.08. The van der Waals surface area contributed by atoms with Gasteiger partial charge < -0.3 is 5.32 Å². The predicted octanol–water partition coefficient (Wildman–Crippen LogP) is 4.32. The van der Waals surface area contributed by atoms with Gasteiger partial charge in [-0.3, -0.25) is 0 Å². The van der Waals surface area contributed by atoms with E-state index in [2.05, 4.69) is 29.1 Å². The molecule has 1 saturated carbocycles. The van der Waals surface area contributed by atoms with Crippen molar-refractivity contribution in [1.29, 1.82) is 0 Å². The van der Waals surface area contributed by atoms with Gasteiger partial charge in [0.25, 0.3) is 0 Å². The fourth-order valence-electron chi connectivity index (χ4n) is 2.59. The van der Waals surface area contributed by atoms with Crippen LogP contribution in [0.3, 0.4) is 0 Å². The molecule has 1 N–H and O–H groups in total. The molecule has 2 aromatic heterocycles. The maximum absolute atomic E-state index is 6.02. The quantitative estimate of drug-likeness (QED) is 0.833. The molecule has 1 fully saturated rings. The SMILES string of the molecule is Cc1sc2nc(Cl)nc(NC3CCCC3)c2c1C. The van der Waals surface area contributed by atoms with Gasteiger partial charge in [-0.25, -0.2) is 9.97 Å². The summed E-state index contributed by atoms with van der Waals surface area (Å²) in [6.07, 6.45) is 5.07. The molecular weight excluding hydrogens is 266 g/mol. The summed E-state index contributed by atoms with van der Waals surface area (Å²) in [4.78, 5) is 11.0. The molecule has 0 saturated heterocycles. The molecule has 2 aromatic rings. The topological polar surface area (TPSA) is 37.8 Å². The summed E-state index contributed by atoms with van der Waals surface area (Å²) in [6.45, 7) is 4.25. The van der Waals surface area contributed by atoms with Crippen molar-refractivity contribution < 1.29 is 0 Å². The Morgan fingerprint density at radius 1 is 1.22 bits per heavy atom. The Morgan fingerprint density at radius 2 is 1.94 bits per heavy atom. The number of nitrogens with one attached hydrogen (secondary N) is 1. The summed E-state index contributed by atoms with van der Waals surface area (Å²) in [5.41, 5.74) is 1.27. The largest absolute Gasteiger partial charge is 0.367 e. The van der Waals surface area contributed by atoms with Crippen LogP contribution < -0.4 is 5.32 Å². The van der Waals surface area contributed by atoms with Crippen LogP contribution in [0.2, 0.25) is 5.28 Å². The molecule has 1 aliphatic carbocycles. The van der Waals surface area contributed by atoms with E-state index >= 15 is 0 Å². The van der Waals surface area contributed by atoms with E-state index in [9.17, 15) is 0 Å². The van der Waals surface area contributed by atoms with E-state index in [-0.39, 0.29) is 0 Å². The number of aryl methyl sites for hydroxylation is 2. The van der Waals surface area contributed by atoms with Gasteiger partial charge in [-0.15, -0.1) is 11.3 Å². The summed E-state index contributed by atoms with van der Waals surface area (Å²) in [5.74, 6) is 0.916. The zero-order chi connectivity index (χ0) is 12.7. The zero-order valence-corrected chi connectivity index (χ0v) is 12.2. The second-order valence-electron chi connectivity index (χ2n) is 4.93. The van der Waals surface area contributed by atoms with Gasteiger partial charge in [-0.1, -0.05) is 12.8 Å². The number of halogens is 1. The van der Waals surface area contributed by atoms with Crippen molar-refractivity contribution in [2.45, 2.75) is 45.6 Å². The first-order chi connectivity index (χ1) is 8.65. The smallest absolute Gasteiger partial charge is 0.225 e. The van der Waals surface area contributed by atoms with E-state index in [1.54, 1.807) is 11.3 Å². The van der Waals surface area contributed by atoms with Crippen molar-refractivity contribution in [3.8, 4) is 0 Å². The van der Waals surface area contributed by atoms with E-state index in [0.29, 0.717) is 11.3 Å². The third-order valence-electron chi connectivity index (χ3n) is 3.70. The van der Waals surface area contributed by atoms with Crippen LogP contribution in [0.1, 0.15) is 36.1 Å². The predicted molar refractivity (Wildman–Crippen MR) is 77.8 cm³/mol. The molecule has 1 aliphatic rings. The lowest BCUT2D eigenvalue weighted by Gasteiger charge is -2.13. The average molecular weight is 282 g/mol. The standard InChI is InChI=1S/C13H16ClN3S/c1-7-8(2)18-12-10(7)11(16-13(14)17-12)15-9-5-3-4-6-9/h9H,3-6H2,1-2H3,(H,15,16,17). The van der Waals surface area contributed by atoms with Gasteiger partial charge in [0.1, 0.15) is 10.6 Å².